The first-order valence-corrected chi connectivity index (χ1v) is 10.9. The summed E-state index contributed by atoms with van der Waals surface area (Å²) in [6, 6.07) is 9.69. The maximum atomic E-state index is 12.7. The summed E-state index contributed by atoms with van der Waals surface area (Å²) in [4.78, 5) is 27.8. The van der Waals surface area contributed by atoms with Crippen molar-refractivity contribution in [2.45, 2.75) is 44.9 Å². The van der Waals surface area contributed by atoms with Gasteiger partial charge in [-0.15, -0.1) is 0 Å². The summed E-state index contributed by atoms with van der Waals surface area (Å²) in [7, 11) is 0. The first kappa shape index (κ1) is 20.8. The summed E-state index contributed by atoms with van der Waals surface area (Å²) in [5.74, 6) is 0.402. The molecule has 2 aliphatic heterocycles. The second kappa shape index (κ2) is 9.58. The second-order valence-corrected chi connectivity index (χ2v) is 8.33. The molecule has 0 aliphatic carbocycles. The molecule has 0 radical (unpaired) electrons. The van der Waals surface area contributed by atoms with Crippen molar-refractivity contribution in [3.05, 3.63) is 63.2 Å². The number of aryl methyl sites for hydroxylation is 1. The topological polar surface area (TPSA) is 71.8 Å². The van der Waals surface area contributed by atoms with Crippen LogP contribution in [0.25, 0.3) is 0 Å². The summed E-state index contributed by atoms with van der Waals surface area (Å²) in [6.07, 6.45) is 5.27. The van der Waals surface area contributed by atoms with Gasteiger partial charge in [0.25, 0.3) is 5.91 Å². The van der Waals surface area contributed by atoms with E-state index in [0.717, 1.165) is 25.8 Å². The van der Waals surface area contributed by atoms with Crippen molar-refractivity contribution >= 4 is 11.6 Å². The van der Waals surface area contributed by atoms with E-state index in [2.05, 4.69) is 10.2 Å². The van der Waals surface area contributed by atoms with Crippen LogP contribution in [-0.4, -0.2) is 43.7 Å². The summed E-state index contributed by atoms with van der Waals surface area (Å²) in [6.45, 7) is 6.60. The van der Waals surface area contributed by atoms with Crippen molar-refractivity contribution in [1.29, 1.82) is 0 Å². The molecule has 1 amide bonds. The molecule has 2 fully saturated rings. The maximum absolute atomic E-state index is 12.7. The molecule has 0 bridgehead atoms. The monoisotopic (exact) mass is 410 g/mol. The first-order chi connectivity index (χ1) is 14.6. The smallest absolute Gasteiger partial charge is 0.349 e. The minimum Gasteiger partial charge on any atom is -0.427 e. The third-order valence-electron chi connectivity index (χ3n) is 6.15. The predicted octanol–water partition coefficient (Wildman–Crippen LogP) is 3.73. The zero-order valence-electron chi connectivity index (χ0n) is 17.6. The van der Waals surface area contributed by atoms with Gasteiger partial charge in [0.05, 0.1) is 0 Å². The minimum absolute atomic E-state index is 0.0731. The Hall–Kier alpha value is -2.44. The number of hydrogen-bond acceptors (Lipinski definition) is 5. The number of carbonyl (C=O) groups is 1. The van der Waals surface area contributed by atoms with Gasteiger partial charge in [0.15, 0.2) is 0 Å². The van der Waals surface area contributed by atoms with Crippen molar-refractivity contribution in [2.75, 3.05) is 38.2 Å². The van der Waals surface area contributed by atoms with E-state index < -0.39 is 11.5 Å². The molecule has 0 saturated carbocycles. The highest BCUT2D eigenvalue weighted by Crippen LogP contribution is 2.27. The van der Waals surface area contributed by atoms with E-state index in [0.29, 0.717) is 30.2 Å². The number of carbonyl (C=O) groups excluding carboxylic acids is 1. The van der Waals surface area contributed by atoms with E-state index >= 15 is 0 Å². The number of rotatable bonds is 6. The molecular weight excluding hydrogens is 380 g/mol. The minimum atomic E-state index is -0.573. The van der Waals surface area contributed by atoms with Gasteiger partial charge in [-0.25, -0.2) is 4.79 Å². The number of benzene rings is 1. The number of hydrogen-bond donors (Lipinski definition) is 1. The first-order valence-electron chi connectivity index (χ1n) is 10.9. The molecule has 0 unspecified atom stereocenters. The quantitative estimate of drug-likeness (QED) is 0.786. The molecular formula is C24H30N2O4. The molecule has 160 valence electrons. The molecule has 6 nitrogen and oxygen atoms in total. The fraction of sp³-hybridized carbons (Fsp3) is 0.500. The molecule has 4 rings (SSSR count). The number of amides is 1. The lowest BCUT2D eigenvalue weighted by Crippen LogP contribution is -2.24. The highest BCUT2D eigenvalue weighted by Gasteiger charge is 2.23. The van der Waals surface area contributed by atoms with E-state index in [1.165, 1.54) is 31.5 Å². The average molecular weight is 411 g/mol. The number of nitrogens with zero attached hydrogens (tertiary/aromatic N) is 1. The van der Waals surface area contributed by atoms with Gasteiger partial charge in [0.1, 0.15) is 11.3 Å². The lowest BCUT2D eigenvalue weighted by Gasteiger charge is -2.21. The standard InChI is InChI=1S/C24H30N2O4/c1-17-16-21(19-9-14-29-15-10-19)30-24(28)22(17)23(27)25-20-6-4-18(5-7-20)8-13-26-11-2-3-12-26/h4-7,16,19H,2-3,8-15H2,1H3,(H,25,27). The number of likely N-dealkylation sites (tertiary alicyclic amines) is 1. The Labute approximate surface area is 177 Å². The Balaban J connectivity index is 1.40. The summed E-state index contributed by atoms with van der Waals surface area (Å²) in [5, 5.41) is 2.83. The van der Waals surface area contributed by atoms with E-state index in [4.69, 9.17) is 9.15 Å². The Morgan fingerprint density at radius 1 is 1.13 bits per heavy atom. The van der Waals surface area contributed by atoms with Gasteiger partial charge >= 0.3 is 5.63 Å². The zero-order chi connectivity index (χ0) is 20.9. The molecule has 0 spiro atoms. The molecule has 2 aromatic rings. The van der Waals surface area contributed by atoms with Crippen molar-refractivity contribution in [3.63, 3.8) is 0 Å². The summed E-state index contributed by atoms with van der Waals surface area (Å²) < 4.78 is 10.9. The van der Waals surface area contributed by atoms with Gasteiger partial charge in [-0.05, 0) is 81.4 Å². The zero-order valence-corrected chi connectivity index (χ0v) is 17.6. The van der Waals surface area contributed by atoms with Crippen LogP contribution in [0.1, 0.15) is 58.8 Å². The predicted molar refractivity (Wildman–Crippen MR) is 116 cm³/mol. The largest absolute Gasteiger partial charge is 0.427 e. The van der Waals surface area contributed by atoms with Crippen LogP contribution in [0.15, 0.2) is 39.5 Å². The van der Waals surface area contributed by atoms with Crippen LogP contribution in [0.4, 0.5) is 5.69 Å². The van der Waals surface area contributed by atoms with Crippen molar-refractivity contribution < 1.29 is 13.9 Å². The second-order valence-electron chi connectivity index (χ2n) is 8.33. The molecule has 1 aromatic heterocycles. The fourth-order valence-electron chi connectivity index (χ4n) is 4.33. The van der Waals surface area contributed by atoms with E-state index in [9.17, 15) is 9.59 Å². The highest BCUT2D eigenvalue weighted by atomic mass is 16.5. The van der Waals surface area contributed by atoms with E-state index in [1.807, 2.05) is 30.3 Å². The Morgan fingerprint density at radius 2 is 1.83 bits per heavy atom. The number of anilines is 1. The highest BCUT2D eigenvalue weighted by molar-refractivity contribution is 6.04. The van der Waals surface area contributed by atoms with Crippen LogP contribution >= 0.6 is 0 Å². The lowest BCUT2D eigenvalue weighted by atomic mass is 9.95. The van der Waals surface area contributed by atoms with Gasteiger partial charge in [0.2, 0.25) is 0 Å². The third-order valence-corrected chi connectivity index (χ3v) is 6.15. The Kier molecular flexibility index (Phi) is 6.65. The van der Waals surface area contributed by atoms with Crippen LogP contribution in [0.2, 0.25) is 0 Å². The molecule has 30 heavy (non-hydrogen) atoms. The third kappa shape index (κ3) is 4.99. The van der Waals surface area contributed by atoms with Crippen LogP contribution in [0.5, 0.6) is 0 Å². The van der Waals surface area contributed by atoms with Gasteiger partial charge < -0.3 is 19.4 Å². The number of nitrogens with one attached hydrogen (secondary N) is 1. The molecule has 1 aromatic carbocycles. The van der Waals surface area contributed by atoms with Crippen LogP contribution in [-0.2, 0) is 11.2 Å². The van der Waals surface area contributed by atoms with Crippen LogP contribution < -0.4 is 10.9 Å². The van der Waals surface area contributed by atoms with Crippen molar-refractivity contribution in [3.8, 4) is 0 Å². The van der Waals surface area contributed by atoms with Gasteiger partial charge in [-0.3, -0.25) is 4.79 Å². The van der Waals surface area contributed by atoms with E-state index in [-0.39, 0.29) is 11.5 Å². The fourth-order valence-corrected chi connectivity index (χ4v) is 4.33. The Morgan fingerprint density at radius 3 is 2.50 bits per heavy atom. The van der Waals surface area contributed by atoms with Crippen LogP contribution in [0.3, 0.4) is 0 Å². The molecule has 3 heterocycles. The van der Waals surface area contributed by atoms with Gasteiger partial charge in [-0.1, -0.05) is 12.1 Å². The maximum Gasteiger partial charge on any atom is 0.349 e. The van der Waals surface area contributed by atoms with Crippen LogP contribution in [0, 0.1) is 6.92 Å². The summed E-state index contributed by atoms with van der Waals surface area (Å²) >= 11 is 0. The Bertz CT molecular complexity index is 923. The number of ether oxygens (including phenoxy) is 1. The van der Waals surface area contributed by atoms with Gasteiger partial charge in [-0.2, -0.15) is 0 Å². The molecule has 2 saturated heterocycles. The summed E-state index contributed by atoms with van der Waals surface area (Å²) in [5.41, 5.74) is 2.07. The molecule has 2 aliphatic rings. The van der Waals surface area contributed by atoms with Crippen molar-refractivity contribution in [2.24, 2.45) is 0 Å². The molecule has 1 N–H and O–H groups in total. The van der Waals surface area contributed by atoms with Gasteiger partial charge in [0, 0.05) is 31.4 Å². The SMILES string of the molecule is Cc1cc(C2CCOCC2)oc(=O)c1C(=O)Nc1ccc(CCN2CCCC2)cc1. The molecule has 0 atom stereocenters. The lowest BCUT2D eigenvalue weighted by molar-refractivity contribution is 0.0796. The van der Waals surface area contributed by atoms with E-state index in [1.54, 1.807) is 6.92 Å². The average Bonchev–Trinajstić information content (AvgIpc) is 3.27. The van der Waals surface area contributed by atoms with Crippen molar-refractivity contribution in [1.82, 2.24) is 4.90 Å². The normalized spacial score (nSPS) is 17.9. The molecule has 6 heteroatoms.